The summed E-state index contributed by atoms with van der Waals surface area (Å²) < 4.78 is 47.1. The van der Waals surface area contributed by atoms with E-state index in [2.05, 4.69) is 0 Å². The lowest BCUT2D eigenvalue weighted by atomic mass is 10.1. The molecule has 0 saturated heterocycles. The molecule has 1 heterocycles. The minimum absolute atomic E-state index is 0.0577. The van der Waals surface area contributed by atoms with Crippen molar-refractivity contribution in [2.75, 3.05) is 0 Å². The zero-order valence-electron chi connectivity index (χ0n) is 13.3. The Labute approximate surface area is 98.5 Å². The van der Waals surface area contributed by atoms with Crippen molar-refractivity contribution in [3.63, 3.8) is 0 Å². The second-order valence-electron chi connectivity index (χ2n) is 2.96. The topological polar surface area (TPSA) is 40.5 Å². The number of phenolic OH excluding ortho intramolecular Hbond substituents is 2. The van der Waals surface area contributed by atoms with Gasteiger partial charge in [-0.1, -0.05) is 0 Å². The van der Waals surface area contributed by atoms with Crippen molar-refractivity contribution in [2.24, 2.45) is 0 Å². The molecule has 0 spiro atoms. The van der Waals surface area contributed by atoms with Gasteiger partial charge in [-0.2, -0.15) is 0 Å². The van der Waals surface area contributed by atoms with Crippen LogP contribution in [0.5, 0.6) is 11.5 Å². The van der Waals surface area contributed by atoms with E-state index in [1.165, 1.54) is 0 Å². The third-order valence-electron chi connectivity index (χ3n) is 1.98. The lowest BCUT2D eigenvalue weighted by Crippen LogP contribution is -1.67. The predicted octanol–water partition coefficient (Wildman–Crippen LogP) is 3.47. The summed E-state index contributed by atoms with van der Waals surface area (Å²) in [6, 6.07) is -2.42. The summed E-state index contributed by atoms with van der Waals surface area (Å²) in [5, 5.41) is 19.6. The predicted molar refractivity (Wildman–Crippen MR) is 62.7 cm³/mol. The van der Waals surface area contributed by atoms with Gasteiger partial charge in [0.25, 0.3) is 0 Å². The average molecular weight is 222 g/mol. The van der Waals surface area contributed by atoms with Crippen LogP contribution in [-0.4, -0.2) is 10.2 Å². The van der Waals surface area contributed by atoms with Crippen LogP contribution in [0.3, 0.4) is 0 Å². The summed E-state index contributed by atoms with van der Waals surface area (Å²) in [6.45, 7) is 0. The second kappa shape index (κ2) is 2.87. The summed E-state index contributed by atoms with van der Waals surface area (Å²) in [6.07, 6.45) is 0. The van der Waals surface area contributed by atoms with Gasteiger partial charge in [0.1, 0.15) is 11.5 Å². The van der Waals surface area contributed by atoms with Crippen molar-refractivity contribution in [1.82, 2.24) is 0 Å². The number of thiophene rings is 1. The van der Waals surface area contributed by atoms with E-state index in [-0.39, 0.29) is 32.3 Å². The molecule has 0 saturated carbocycles. The summed E-state index contributed by atoms with van der Waals surface area (Å²) in [5.74, 6) is -1.35. The van der Waals surface area contributed by atoms with Crippen molar-refractivity contribution >= 4 is 31.5 Å². The third-order valence-corrected chi connectivity index (χ3v) is 3.00. The number of rotatable bonds is 0. The van der Waals surface area contributed by atoms with Crippen LogP contribution >= 0.6 is 11.3 Å². The molecule has 0 radical (unpaired) electrons. The number of phenols is 2. The Balaban J connectivity index is 2.73. The number of hydrogen-bond donors (Lipinski definition) is 2. The monoisotopic (exact) mass is 222 g/mol. The maximum atomic E-state index is 9.75. The molecule has 0 bridgehead atoms. The molecule has 74 valence electrons. The molecule has 0 fully saturated rings. The molecular weight excluding hydrogens is 208 g/mol. The first-order valence-electron chi connectivity index (χ1n) is 7.11. The van der Waals surface area contributed by atoms with Crippen LogP contribution in [0.4, 0.5) is 0 Å². The molecule has 0 aliphatic carbocycles. The number of benzene rings is 2. The fraction of sp³-hybridized carbons (Fsp3) is 0. The van der Waals surface area contributed by atoms with Crippen molar-refractivity contribution in [2.45, 2.75) is 0 Å². The first-order valence-corrected chi connectivity index (χ1v) is 4.92. The Morgan fingerprint density at radius 2 is 1.33 bits per heavy atom. The number of hydrogen-bond acceptors (Lipinski definition) is 3. The summed E-state index contributed by atoms with van der Waals surface area (Å²) >= 11 is 0.912. The fourth-order valence-electron chi connectivity index (χ4n) is 1.38. The normalized spacial score (nSPS) is 16.8. The van der Waals surface area contributed by atoms with Gasteiger partial charge in [0.2, 0.25) is 0 Å². The molecule has 0 aliphatic rings. The van der Waals surface area contributed by atoms with E-state index in [1.54, 1.807) is 0 Å². The van der Waals surface area contributed by atoms with Gasteiger partial charge >= 0.3 is 0 Å². The minimum Gasteiger partial charge on any atom is -0.508 e. The standard InChI is InChI=1S/C12H8O2S/c13-7-1-3-11-9(5-7)10-6-8(14)2-4-12(10)15-11/h1-6,13-14H/i1D,2D,3D,4D,5D,6D. The van der Waals surface area contributed by atoms with E-state index in [9.17, 15) is 10.2 Å². The van der Waals surface area contributed by atoms with Crippen molar-refractivity contribution in [3.05, 3.63) is 36.3 Å². The van der Waals surface area contributed by atoms with E-state index in [0.717, 1.165) is 11.3 Å². The Kier molecular flexibility index (Phi) is 0.845. The highest BCUT2D eigenvalue weighted by atomic mass is 32.1. The van der Waals surface area contributed by atoms with Crippen LogP contribution in [0.15, 0.2) is 36.3 Å². The fourth-order valence-corrected chi connectivity index (χ4v) is 2.30. The number of fused-ring (bicyclic) bond motifs is 3. The number of aromatic hydroxyl groups is 2. The van der Waals surface area contributed by atoms with Crippen LogP contribution in [0, 0.1) is 0 Å². The van der Waals surface area contributed by atoms with Gasteiger partial charge < -0.3 is 10.2 Å². The maximum absolute atomic E-state index is 9.75. The van der Waals surface area contributed by atoms with Crippen molar-refractivity contribution in [3.8, 4) is 11.5 Å². The summed E-state index contributed by atoms with van der Waals surface area (Å²) in [4.78, 5) is 0. The van der Waals surface area contributed by atoms with E-state index in [4.69, 9.17) is 8.22 Å². The van der Waals surface area contributed by atoms with Crippen LogP contribution in [0.25, 0.3) is 20.2 Å². The Bertz CT molecular complexity index is 859. The Morgan fingerprint density at radius 3 is 1.80 bits per heavy atom. The van der Waals surface area contributed by atoms with E-state index in [0.29, 0.717) is 0 Å². The van der Waals surface area contributed by atoms with E-state index >= 15 is 0 Å². The molecular formula is C12H8O2S. The molecule has 0 unspecified atom stereocenters. The molecule has 2 N–H and O–H groups in total. The van der Waals surface area contributed by atoms with Crippen LogP contribution in [-0.2, 0) is 0 Å². The molecule has 3 heteroatoms. The Hall–Kier alpha value is -1.74. The van der Waals surface area contributed by atoms with Crippen molar-refractivity contribution < 1.29 is 18.4 Å². The molecule has 0 aliphatic heterocycles. The smallest absolute Gasteiger partial charge is 0.116 e. The highest BCUT2D eigenvalue weighted by molar-refractivity contribution is 7.25. The zero-order valence-corrected chi connectivity index (χ0v) is 8.12. The van der Waals surface area contributed by atoms with E-state index < -0.39 is 35.7 Å². The van der Waals surface area contributed by atoms with Crippen LogP contribution in [0.1, 0.15) is 8.22 Å². The summed E-state index contributed by atoms with van der Waals surface area (Å²) in [7, 11) is 0. The largest absolute Gasteiger partial charge is 0.508 e. The van der Waals surface area contributed by atoms with Gasteiger partial charge in [-0.3, -0.25) is 0 Å². The molecule has 0 amide bonds. The first-order chi connectivity index (χ1) is 9.77. The quantitative estimate of drug-likeness (QED) is 0.611. The van der Waals surface area contributed by atoms with Gasteiger partial charge in [-0.15, -0.1) is 11.3 Å². The highest BCUT2D eigenvalue weighted by Gasteiger charge is 2.05. The molecule has 1 aromatic heterocycles. The Morgan fingerprint density at radius 1 is 0.867 bits per heavy atom. The van der Waals surface area contributed by atoms with E-state index in [1.807, 2.05) is 0 Å². The first kappa shape index (κ1) is 4.41. The van der Waals surface area contributed by atoms with Gasteiger partial charge in [0, 0.05) is 20.2 Å². The maximum Gasteiger partial charge on any atom is 0.116 e. The lowest BCUT2D eigenvalue weighted by Gasteiger charge is -1.94. The van der Waals surface area contributed by atoms with Crippen LogP contribution < -0.4 is 0 Å². The van der Waals surface area contributed by atoms with Gasteiger partial charge in [-0.05, 0) is 36.3 Å². The lowest BCUT2D eigenvalue weighted by molar-refractivity contribution is 0.475. The average Bonchev–Trinajstić information content (AvgIpc) is 2.87. The molecule has 3 rings (SSSR count). The third kappa shape index (κ3) is 1.24. The SMILES string of the molecule is [2H]c1c(O)c([2H])c2c(sc3c([2H])c([2H])c(O)c([2H])c32)c1[2H]. The van der Waals surface area contributed by atoms with Gasteiger partial charge in [0.05, 0.1) is 8.22 Å². The summed E-state index contributed by atoms with van der Waals surface area (Å²) in [5.41, 5.74) is 0. The molecule has 2 aromatic carbocycles. The zero-order chi connectivity index (χ0) is 15.6. The molecule has 0 atom stereocenters. The second-order valence-corrected chi connectivity index (χ2v) is 3.98. The minimum atomic E-state index is -0.674. The van der Waals surface area contributed by atoms with Gasteiger partial charge in [0.15, 0.2) is 0 Å². The molecule has 3 aromatic rings. The molecule has 2 nitrogen and oxygen atoms in total. The van der Waals surface area contributed by atoms with Crippen molar-refractivity contribution in [1.29, 1.82) is 0 Å². The van der Waals surface area contributed by atoms with Crippen LogP contribution in [0.2, 0.25) is 0 Å². The molecule has 15 heavy (non-hydrogen) atoms. The highest BCUT2D eigenvalue weighted by Crippen LogP contribution is 2.36. The van der Waals surface area contributed by atoms with Gasteiger partial charge in [-0.25, -0.2) is 0 Å².